The molecule has 0 bridgehead atoms. The molecule has 0 radical (unpaired) electrons. The summed E-state index contributed by atoms with van der Waals surface area (Å²) < 4.78 is 0. The van der Waals surface area contributed by atoms with E-state index in [0.29, 0.717) is 0 Å². The van der Waals surface area contributed by atoms with Crippen molar-refractivity contribution in [2.24, 2.45) is 0 Å². The summed E-state index contributed by atoms with van der Waals surface area (Å²) >= 11 is 0. The van der Waals surface area contributed by atoms with Crippen LogP contribution in [0.2, 0.25) is 0 Å². The minimum absolute atomic E-state index is 0.486. The molecule has 0 aromatic heterocycles. The van der Waals surface area contributed by atoms with Gasteiger partial charge in [-0.25, -0.2) is 0 Å². The molecule has 57 heavy (non-hydrogen) atoms. The number of fused-ring (bicyclic) bond motifs is 10. The highest BCUT2D eigenvalue weighted by molar-refractivity contribution is 5.97. The van der Waals surface area contributed by atoms with Crippen LogP contribution in [-0.2, 0) is 5.41 Å². The molecule has 268 valence electrons. The van der Waals surface area contributed by atoms with E-state index in [4.69, 9.17) is 0 Å². The van der Waals surface area contributed by atoms with Gasteiger partial charge in [0.2, 0.25) is 0 Å². The van der Waals surface area contributed by atoms with Gasteiger partial charge in [-0.1, -0.05) is 158 Å². The van der Waals surface area contributed by atoms with Gasteiger partial charge in [0, 0.05) is 34.1 Å². The second kappa shape index (κ2) is 13.4. The molecule has 11 rings (SSSR count). The number of benzene rings is 9. The van der Waals surface area contributed by atoms with Crippen LogP contribution in [-0.4, -0.2) is 0 Å². The molecule has 0 amide bonds. The number of nitrogens with zero attached hydrogens (tertiary/aromatic N) is 2. The van der Waals surface area contributed by atoms with Crippen LogP contribution in [0, 0.1) is 0 Å². The van der Waals surface area contributed by atoms with Crippen molar-refractivity contribution in [1.29, 1.82) is 0 Å². The second-order valence-corrected chi connectivity index (χ2v) is 14.9. The minimum atomic E-state index is -0.486. The van der Waals surface area contributed by atoms with Gasteiger partial charge in [0.25, 0.3) is 0 Å². The molecule has 1 atom stereocenters. The van der Waals surface area contributed by atoms with Crippen molar-refractivity contribution in [2.45, 2.75) is 5.41 Å². The largest absolute Gasteiger partial charge is 0.310 e. The van der Waals surface area contributed by atoms with E-state index < -0.39 is 5.41 Å². The lowest BCUT2D eigenvalue weighted by atomic mass is 9.70. The average molecular weight is 727 g/mol. The maximum absolute atomic E-state index is 2.46. The fraction of sp³-hybridized carbons (Fsp3) is 0.0182. The van der Waals surface area contributed by atoms with Crippen LogP contribution in [0.25, 0.3) is 33.4 Å². The number of hydrogen-bond acceptors (Lipinski definition) is 2. The Labute approximate surface area is 334 Å². The zero-order valence-electron chi connectivity index (χ0n) is 31.3. The highest BCUT2D eigenvalue weighted by Crippen LogP contribution is 2.64. The van der Waals surface area contributed by atoms with Crippen molar-refractivity contribution in [3.63, 3.8) is 0 Å². The van der Waals surface area contributed by atoms with Crippen LogP contribution >= 0.6 is 0 Å². The topological polar surface area (TPSA) is 6.48 Å². The first kappa shape index (κ1) is 33.0. The Kier molecular flexibility index (Phi) is 7.75. The molecule has 0 fully saturated rings. The van der Waals surface area contributed by atoms with E-state index in [0.717, 1.165) is 34.1 Å². The number of hydrogen-bond donors (Lipinski definition) is 0. The first-order chi connectivity index (χ1) is 28.3. The SMILES string of the molecule is c1ccc(-c2ccc(N(c3ccccc3)c3ccc4c(c3)-c3ccccc3C43c4ccccc4-c4ccc(N(c5ccccc5)c5ccccc5)cc43)cc2)cc1. The zero-order chi connectivity index (χ0) is 37.8. The third-order valence-electron chi connectivity index (χ3n) is 11.8. The molecule has 0 aliphatic heterocycles. The van der Waals surface area contributed by atoms with Gasteiger partial charge in [-0.05, 0) is 128 Å². The minimum Gasteiger partial charge on any atom is -0.310 e. The molecule has 1 spiro atoms. The Morgan fingerprint density at radius 1 is 0.228 bits per heavy atom. The molecule has 9 aromatic rings. The van der Waals surface area contributed by atoms with Crippen molar-refractivity contribution in [3.05, 3.63) is 253 Å². The van der Waals surface area contributed by atoms with Gasteiger partial charge in [0.05, 0.1) is 5.41 Å². The third-order valence-corrected chi connectivity index (χ3v) is 11.8. The molecular weight excluding hydrogens is 689 g/mol. The molecule has 1 unspecified atom stereocenters. The van der Waals surface area contributed by atoms with E-state index in [1.807, 2.05) is 0 Å². The lowest BCUT2D eigenvalue weighted by Gasteiger charge is -2.32. The monoisotopic (exact) mass is 726 g/mol. The van der Waals surface area contributed by atoms with Crippen molar-refractivity contribution in [1.82, 2.24) is 0 Å². The van der Waals surface area contributed by atoms with Crippen LogP contribution in [0.3, 0.4) is 0 Å². The van der Waals surface area contributed by atoms with Gasteiger partial charge in [0.15, 0.2) is 0 Å². The van der Waals surface area contributed by atoms with Crippen molar-refractivity contribution in [2.75, 3.05) is 9.80 Å². The predicted molar refractivity (Wildman–Crippen MR) is 238 cm³/mol. The Bertz CT molecular complexity index is 2850. The van der Waals surface area contributed by atoms with Crippen LogP contribution in [0.1, 0.15) is 22.3 Å². The Balaban J connectivity index is 1.12. The summed E-state index contributed by atoms with van der Waals surface area (Å²) in [5.41, 5.74) is 19.1. The Hall–Kier alpha value is -7.42. The van der Waals surface area contributed by atoms with Gasteiger partial charge in [-0.3, -0.25) is 0 Å². The van der Waals surface area contributed by atoms with E-state index in [1.165, 1.54) is 55.6 Å². The maximum Gasteiger partial charge on any atom is 0.0726 e. The Morgan fingerprint density at radius 3 is 1.16 bits per heavy atom. The van der Waals surface area contributed by atoms with Gasteiger partial charge >= 0.3 is 0 Å². The Morgan fingerprint density at radius 2 is 0.596 bits per heavy atom. The van der Waals surface area contributed by atoms with E-state index in [2.05, 4.69) is 240 Å². The molecule has 0 saturated heterocycles. The first-order valence-electron chi connectivity index (χ1n) is 19.7. The van der Waals surface area contributed by atoms with Gasteiger partial charge in [0.1, 0.15) is 0 Å². The van der Waals surface area contributed by atoms with Gasteiger partial charge < -0.3 is 9.80 Å². The van der Waals surface area contributed by atoms with Gasteiger partial charge in [-0.2, -0.15) is 0 Å². The molecule has 2 aliphatic carbocycles. The fourth-order valence-electron chi connectivity index (χ4n) is 9.46. The molecule has 2 aliphatic rings. The summed E-state index contributed by atoms with van der Waals surface area (Å²) in [4.78, 5) is 4.76. The lowest BCUT2D eigenvalue weighted by molar-refractivity contribution is 0.793. The molecule has 9 aromatic carbocycles. The van der Waals surface area contributed by atoms with Crippen LogP contribution < -0.4 is 9.80 Å². The van der Waals surface area contributed by atoms with Crippen LogP contribution in [0.4, 0.5) is 34.1 Å². The molecule has 2 heteroatoms. The maximum atomic E-state index is 2.46. The number of anilines is 6. The van der Waals surface area contributed by atoms with E-state index in [1.54, 1.807) is 0 Å². The van der Waals surface area contributed by atoms with E-state index in [9.17, 15) is 0 Å². The average Bonchev–Trinajstić information content (AvgIpc) is 3.75. The highest BCUT2D eigenvalue weighted by atomic mass is 15.1. The van der Waals surface area contributed by atoms with Gasteiger partial charge in [-0.15, -0.1) is 0 Å². The molecule has 0 heterocycles. The molecule has 0 saturated carbocycles. The summed E-state index contributed by atoms with van der Waals surface area (Å²) in [5, 5.41) is 0. The smallest absolute Gasteiger partial charge is 0.0726 e. The normalized spacial score (nSPS) is 14.4. The number of rotatable bonds is 7. The van der Waals surface area contributed by atoms with E-state index >= 15 is 0 Å². The highest BCUT2D eigenvalue weighted by Gasteiger charge is 2.52. The number of para-hydroxylation sites is 3. The van der Waals surface area contributed by atoms with Crippen molar-refractivity contribution in [3.8, 4) is 33.4 Å². The quantitative estimate of drug-likeness (QED) is 0.161. The zero-order valence-corrected chi connectivity index (χ0v) is 31.3. The summed E-state index contributed by atoms with van der Waals surface area (Å²) in [7, 11) is 0. The summed E-state index contributed by atoms with van der Waals surface area (Å²) in [6.45, 7) is 0. The molecule has 2 nitrogen and oxygen atoms in total. The summed E-state index contributed by atoms with van der Waals surface area (Å²) in [6.07, 6.45) is 0. The fourth-order valence-corrected chi connectivity index (χ4v) is 9.46. The predicted octanol–water partition coefficient (Wildman–Crippen LogP) is 14.6. The van der Waals surface area contributed by atoms with Crippen LogP contribution in [0.15, 0.2) is 231 Å². The standard InChI is InChI=1S/C55H38N2/c1-5-17-39(18-6-1)40-29-31-44(32-30-40)57(43-23-11-4-12-24-43)45-34-36-53-50(37-45)48-26-14-16-28-52(48)55(53)51-27-15-13-25-47(51)49-35-33-46(38-54(49)55)56(41-19-7-2-8-20-41)42-21-9-3-10-22-42/h1-38H. The van der Waals surface area contributed by atoms with Crippen molar-refractivity contribution >= 4 is 34.1 Å². The summed E-state index contributed by atoms with van der Waals surface area (Å²) in [6, 6.07) is 84.1. The van der Waals surface area contributed by atoms with Crippen molar-refractivity contribution < 1.29 is 0 Å². The molecule has 0 N–H and O–H groups in total. The third kappa shape index (κ3) is 5.18. The lowest BCUT2D eigenvalue weighted by Crippen LogP contribution is -2.26. The van der Waals surface area contributed by atoms with E-state index in [-0.39, 0.29) is 0 Å². The first-order valence-corrected chi connectivity index (χ1v) is 19.7. The summed E-state index contributed by atoms with van der Waals surface area (Å²) in [5.74, 6) is 0. The molecular formula is C55H38N2. The van der Waals surface area contributed by atoms with Crippen LogP contribution in [0.5, 0.6) is 0 Å². The second-order valence-electron chi connectivity index (χ2n) is 14.9.